The Balaban J connectivity index is 2.40. The highest BCUT2D eigenvalue weighted by molar-refractivity contribution is 5.40. The summed E-state index contributed by atoms with van der Waals surface area (Å²) in [4.78, 5) is 3.94. The van der Waals surface area contributed by atoms with Gasteiger partial charge in [-0.05, 0) is 18.1 Å². The van der Waals surface area contributed by atoms with Crippen molar-refractivity contribution in [3.63, 3.8) is 0 Å². The Bertz CT molecular complexity index is 249. The van der Waals surface area contributed by atoms with Crippen LogP contribution in [0.2, 0.25) is 0 Å². The minimum Gasteiger partial charge on any atom is -0.396 e. The van der Waals surface area contributed by atoms with Gasteiger partial charge in [0.2, 0.25) is 0 Å². The molecule has 0 saturated heterocycles. The fourth-order valence-corrected chi connectivity index (χ4v) is 1.23. The van der Waals surface area contributed by atoms with Gasteiger partial charge < -0.3 is 10.4 Å². The van der Waals surface area contributed by atoms with E-state index in [9.17, 15) is 0 Å². The molecule has 0 aliphatic carbocycles. The first-order valence-corrected chi connectivity index (χ1v) is 4.98. The second kappa shape index (κ2) is 5.60. The summed E-state index contributed by atoms with van der Waals surface area (Å²) < 4.78 is 0. The zero-order valence-electron chi connectivity index (χ0n) is 8.77. The Kier molecular flexibility index (Phi) is 4.40. The predicted octanol–water partition coefficient (Wildman–Crippen LogP) is 1.76. The molecule has 0 fully saturated rings. The molecule has 3 nitrogen and oxygen atoms in total. The summed E-state index contributed by atoms with van der Waals surface area (Å²) in [6.45, 7) is 5.28. The molecular weight excluding hydrogens is 176 g/mol. The van der Waals surface area contributed by atoms with Crippen LogP contribution in [-0.4, -0.2) is 23.2 Å². The molecule has 0 amide bonds. The van der Waals surface area contributed by atoms with E-state index in [0.717, 1.165) is 12.2 Å². The number of hydrogen-bond acceptors (Lipinski definition) is 3. The second-order valence-electron chi connectivity index (χ2n) is 3.80. The van der Waals surface area contributed by atoms with E-state index in [1.54, 1.807) is 12.4 Å². The molecule has 1 atom stereocenters. The maximum Gasteiger partial charge on any atom is 0.0478 e. The van der Waals surface area contributed by atoms with E-state index < -0.39 is 0 Å². The Labute approximate surface area is 85.2 Å². The molecular formula is C11H18N2O. The van der Waals surface area contributed by atoms with Crippen LogP contribution >= 0.6 is 0 Å². The average molecular weight is 194 g/mol. The summed E-state index contributed by atoms with van der Waals surface area (Å²) in [6.07, 6.45) is 3.51. The van der Waals surface area contributed by atoms with Crippen molar-refractivity contribution < 1.29 is 5.11 Å². The molecule has 78 valence electrons. The minimum absolute atomic E-state index is 0.232. The summed E-state index contributed by atoms with van der Waals surface area (Å²) >= 11 is 0. The van der Waals surface area contributed by atoms with Gasteiger partial charge in [0.25, 0.3) is 0 Å². The van der Waals surface area contributed by atoms with Crippen LogP contribution in [0.5, 0.6) is 0 Å². The molecule has 0 spiro atoms. The molecule has 0 aliphatic heterocycles. The standard InChI is InChI=1S/C11H18N2O/c1-9(2)10(8-14)7-13-11-3-5-12-6-4-11/h3-6,9-10,14H,7-8H2,1-2H3,(H,12,13). The summed E-state index contributed by atoms with van der Waals surface area (Å²) in [5.74, 6) is 0.803. The first kappa shape index (κ1) is 11.0. The molecule has 1 unspecified atom stereocenters. The highest BCUT2D eigenvalue weighted by Gasteiger charge is 2.11. The van der Waals surface area contributed by atoms with Gasteiger partial charge in [0, 0.05) is 37.2 Å². The Morgan fingerprint density at radius 2 is 2.00 bits per heavy atom. The van der Waals surface area contributed by atoms with Crippen LogP contribution in [0.4, 0.5) is 5.69 Å². The van der Waals surface area contributed by atoms with Crippen LogP contribution in [0.3, 0.4) is 0 Å². The Morgan fingerprint density at radius 3 is 2.50 bits per heavy atom. The molecule has 2 N–H and O–H groups in total. The molecule has 0 aromatic carbocycles. The van der Waals surface area contributed by atoms with Crippen LogP contribution in [-0.2, 0) is 0 Å². The number of aliphatic hydroxyl groups excluding tert-OH is 1. The van der Waals surface area contributed by atoms with Crippen LogP contribution in [0.1, 0.15) is 13.8 Å². The maximum atomic E-state index is 9.12. The zero-order chi connectivity index (χ0) is 10.4. The largest absolute Gasteiger partial charge is 0.396 e. The van der Waals surface area contributed by atoms with Crippen LogP contribution in [0.25, 0.3) is 0 Å². The van der Waals surface area contributed by atoms with E-state index >= 15 is 0 Å². The van der Waals surface area contributed by atoms with Crippen molar-refractivity contribution in [3.8, 4) is 0 Å². The van der Waals surface area contributed by atoms with E-state index in [4.69, 9.17) is 5.11 Å². The number of pyridine rings is 1. The number of rotatable bonds is 5. The first-order chi connectivity index (χ1) is 6.74. The maximum absolute atomic E-state index is 9.12. The summed E-state index contributed by atoms with van der Waals surface area (Å²) in [7, 11) is 0. The van der Waals surface area contributed by atoms with Crippen molar-refractivity contribution in [3.05, 3.63) is 24.5 Å². The lowest BCUT2D eigenvalue weighted by molar-refractivity contribution is 0.198. The van der Waals surface area contributed by atoms with Gasteiger partial charge in [-0.3, -0.25) is 4.98 Å². The van der Waals surface area contributed by atoms with Crippen LogP contribution in [0, 0.1) is 11.8 Å². The molecule has 0 saturated carbocycles. The molecule has 3 heteroatoms. The van der Waals surface area contributed by atoms with Gasteiger partial charge >= 0.3 is 0 Å². The fourth-order valence-electron chi connectivity index (χ4n) is 1.23. The number of aromatic nitrogens is 1. The SMILES string of the molecule is CC(C)C(CO)CNc1ccncc1. The third-order valence-corrected chi connectivity index (χ3v) is 2.43. The molecule has 1 aromatic heterocycles. The Hall–Kier alpha value is -1.09. The van der Waals surface area contributed by atoms with Crippen LogP contribution < -0.4 is 5.32 Å². The van der Waals surface area contributed by atoms with Gasteiger partial charge in [0.15, 0.2) is 0 Å². The van der Waals surface area contributed by atoms with Crippen molar-refractivity contribution in [2.45, 2.75) is 13.8 Å². The van der Waals surface area contributed by atoms with Crippen LogP contribution in [0.15, 0.2) is 24.5 Å². The van der Waals surface area contributed by atoms with Crippen molar-refractivity contribution in [2.75, 3.05) is 18.5 Å². The second-order valence-corrected chi connectivity index (χ2v) is 3.80. The average Bonchev–Trinajstić information content (AvgIpc) is 2.20. The molecule has 0 radical (unpaired) electrons. The van der Waals surface area contributed by atoms with E-state index in [0.29, 0.717) is 11.8 Å². The molecule has 0 bridgehead atoms. The van der Waals surface area contributed by atoms with E-state index in [1.807, 2.05) is 12.1 Å². The quantitative estimate of drug-likeness (QED) is 0.750. The highest BCUT2D eigenvalue weighted by atomic mass is 16.3. The lowest BCUT2D eigenvalue weighted by Gasteiger charge is -2.19. The number of nitrogens with zero attached hydrogens (tertiary/aromatic N) is 1. The molecule has 1 rings (SSSR count). The van der Waals surface area contributed by atoms with E-state index in [1.165, 1.54) is 0 Å². The number of aliphatic hydroxyl groups is 1. The summed E-state index contributed by atoms with van der Waals surface area (Å²) in [6, 6.07) is 3.85. The van der Waals surface area contributed by atoms with E-state index in [2.05, 4.69) is 24.1 Å². The van der Waals surface area contributed by atoms with Gasteiger partial charge in [-0.1, -0.05) is 13.8 Å². The van der Waals surface area contributed by atoms with Crippen molar-refractivity contribution in [1.82, 2.24) is 4.98 Å². The molecule has 1 heterocycles. The normalized spacial score (nSPS) is 12.9. The predicted molar refractivity (Wildman–Crippen MR) is 58.1 cm³/mol. The van der Waals surface area contributed by atoms with Gasteiger partial charge in [0.1, 0.15) is 0 Å². The monoisotopic (exact) mass is 194 g/mol. The topological polar surface area (TPSA) is 45.1 Å². The fraction of sp³-hybridized carbons (Fsp3) is 0.545. The molecule has 0 aliphatic rings. The third kappa shape index (κ3) is 3.34. The summed E-state index contributed by atoms with van der Waals surface area (Å²) in [5.41, 5.74) is 1.05. The number of anilines is 1. The first-order valence-electron chi connectivity index (χ1n) is 4.98. The zero-order valence-corrected chi connectivity index (χ0v) is 8.77. The smallest absolute Gasteiger partial charge is 0.0478 e. The summed E-state index contributed by atoms with van der Waals surface area (Å²) in [5, 5.41) is 12.4. The lowest BCUT2D eigenvalue weighted by atomic mass is 9.97. The molecule has 14 heavy (non-hydrogen) atoms. The Morgan fingerprint density at radius 1 is 1.36 bits per heavy atom. The number of nitrogens with one attached hydrogen (secondary N) is 1. The number of hydrogen-bond donors (Lipinski definition) is 2. The van der Waals surface area contributed by atoms with Crippen molar-refractivity contribution >= 4 is 5.69 Å². The van der Waals surface area contributed by atoms with E-state index in [-0.39, 0.29) is 6.61 Å². The highest BCUT2D eigenvalue weighted by Crippen LogP contribution is 2.11. The van der Waals surface area contributed by atoms with Gasteiger partial charge in [-0.15, -0.1) is 0 Å². The van der Waals surface area contributed by atoms with Crippen molar-refractivity contribution in [2.24, 2.45) is 11.8 Å². The van der Waals surface area contributed by atoms with Crippen molar-refractivity contribution in [1.29, 1.82) is 0 Å². The molecule has 1 aromatic rings. The minimum atomic E-state index is 0.232. The lowest BCUT2D eigenvalue weighted by Crippen LogP contribution is -2.22. The van der Waals surface area contributed by atoms with Gasteiger partial charge in [-0.2, -0.15) is 0 Å². The third-order valence-electron chi connectivity index (χ3n) is 2.43. The van der Waals surface area contributed by atoms with Gasteiger partial charge in [0.05, 0.1) is 0 Å². The van der Waals surface area contributed by atoms with Gasteiger partial charge in [-0.25, -0.2) is 0 Å².